The number of nitrogens with zero attached hydrogens (tertiary/aromatic N) is 4. The van der Waals surface area contributed by atoms with Crippen molar-refractivity contribution in [2.75, 3.05) is 37.4 Å². The number of nitrogens with one attached hydrogen (secondary N) is 2. The Bertz CT molecular complexity index is 1020. The van der Waals surface area contributed by atoms with E-state index in [2.05, 4.69) is 25.6 Å². The van der Waals surface area contributed by atoms with Crippen LogP contribution < -0.4 is 10.6 Å². The van der Waals surface area contributed by atoms with E-state index in [4.69, 9.17) is 9.90 Å². The number of carboxylic acids is 1. The molecule has 3 rings (SSSR count). The molecule has 1 saturated carbocycles. The van der Waals surface area contributed by atoms with Gasteiger partial charge in [0.15, 0.2) is 0 Å². The predicted octanol–water partition coefficient (Wildman–Crippen LogP) is 4.45. The van der Waals surface area contributed by atoms with E-state index < -0.39 is 18.3 Å². The van der Waals surface area contributed by atoms with Crippen molar-refractivity contribution in [2.45, 2.75) is 70.1 Å². The SMILES string of the molecule is CC[C@H](F)CNc1ncc(-c2ccc(CN(C)CCF)cn2)c(NC2CCC(O)CC2)n1.O=C(O)C(F)(F)F. The highest BCUT2D eigenvalue weighted by molar-refractivity contribution is 5.73. The summed E-state index contributed by atoms with van der Waals surface area (Å²) in [5, 5.41) is 23.4. The molecule has 1 atom stereocenters. The molecule has 0 aliphatic heterocycles. The number of pyridine rings is 1. The van der Waals surface area contributed by atoms with Gasteiger partial charge in [-0.15, -0.1) is 0 Å². The van der Waals surface area contributed by atoms with Crippen LogP contribution in [0.1, 0.15) is 44.6 Å². The lowest BCUT2D eigenvalue weighted by Crippen LogP contribution is -2.29. The molecular formula is C25H35F5N6O3. The van der Waals surface area contributed by atoms with Crippen molar-refractivity contribution in [1.82, 2.24) is 19.9 Å². The summed E-state index contributed by atoms with van der Waals surface area (Å²) in [6, 6.07) is 4.08. The summed E-state index contributed by atoms with van der Waals surface area (Å²) in [6.45, 7) is 2.57. The molecule has 2 aromatic rings. The average molecular weight is 563 g/mol. The molecule has 0 bridgehead atoms. The lowest BCUT2D eigenvalue weighted by atomic mass is 9.93. The van der Waals surface area contributed by atoms with Crippen molar-refractivity contribution in [3.63, 3.8) is 0 Å². The lowest BCUT2D eigenvalue weighted by molar-refractivity contribution is -0.192. The van der Waals surface area contributed by atoms with Crippen molar-refractivity contribution in [2.24, 2.45) is 0 Å². The van der Waals surface area contributed by atoms with Crippen LogP contribution in [0.3, 0.4) is 0 Å². The number of carbonyl (C=O) groups is 1. The van der Waals surface area contributed by atoms with Crippen LogP contribution >= 0.6 is 0 Å². The summed E-state index contributed by atoms with van der Waals surface area (Å²) in [4.78, 5) is 24.4. The number of alkyl halides is 5. The molecule has 1 fully saturated rings. The Balaban J connectivity index is 0.000000673. The number of aliphatic hydroxyl groups excluding tert-OH is 1. The first-order valence-corrected chi connectivity index (χ1v) is 12.6. The monoisotopic (exact) mass is 562 g/mol. The zero-order chi connectivity index (χ0) is 29.0. The molecular weight excluding hydrogens is 527 g/mol. The van der Waals surface area contributed by atoms with Gasteiger partial charge in [-0.2, -0.15) is 18.2 Å². The minimum Gasteiger partial charge on any atom is -0.475 e. The fraction of sp³-hybridized carbons (Fsp3) is 0.600. The van der Waals surface area contributed by atoms with Gasteiger partial charge in [0.1, 0.15) is 18.7 Å². The Morgan fingerprint density at radius 1 is 1.18 bits per heavy atom. The molecule has 0 spiro atoms. The lowest BCUT2D eigenvalue weighted by Gasteiger charge is -2.27. The second-order valence-electron chi connectivity index (χ2n) is 9.27. The van der Waals surface area contributed by atoms with E-state index in [0.717, 1.165) is 42.5 Å². The van der Waals surface area contributed by atoms with Crippen molar-refractivity contribution in [3.8, 4) is 11.3 Å². The average Bonchev–Trinajstić information content (AvgIpc) is 2.89. The van der Waals surface area contributed by atoms with Gasteiger partial charge in [-0.3, -0.25) is 9.88 Å². The van der Waals surface area contributed by atoms with Gasteiger partial charge in [0, 0.05) is 38.1 Å². The third-order valence-corrected chi connectivity index (χ3v) is 6.01. The van der Waals surface area contributed by atoms with Gasteiger partial charge < -0.3 is 20.8 Å². The van der Waals surface area contributed by atoms with E-state index in [1.54, 1.807) is 19.3 Å². The highest BCUT2D eigenvalue weighted by Crippen LogP contribution is 2.29. The van der Waals surface area contributed by atoms with E-state index in [0.29, 0.717) is 31.3 Å². The molecule has 2 heterocycles. The van der Waals surface area contributed by atoms with E-state index in [-0.39, 0.29) is 25.4 Å². The number of aliphatic hydroxyl groups is 1. The number of aliphatic carboxylic acids is 1. The third-order valence-electron chi connectivity index (χ3n) is 6.01. The Hall–Kier alpha value is -3.13. The highest BCUT2D eigenvalue weighted by Gasteiger charge is 2.38. The molecule has 0 saturated heterocycles. The van der Waals surface area contributed by atoms with Crippen LogP contribution in [-0.4, -0.2) is 87.3 Å². The summed E-state index contributed by atoms with van der Waals surface area (Å²) in [6.07, 6.45) is 0.835. The molecule has 218 valence electrons. The Morgan fingerprint density at radius 2 is 1.85 bits per heavy atom. The summed E-state index contributed by atoms with van der Waals surface area (Å²) < 4.78 is 57.9. The molecule has 0 amide bonds. The summed E-state index contributed by atoms with van der Waals surface area (Å²) >= 11 is 0. The van der Waals surface area contributed by atoms with Crippen molar-refractivity contribution < 1.29 is 37.0 Å². The fourth-order valence-electron chi connectivity index (χ4n) is 3.74. The van der Waals surface area contributed by atoms with Crippen molar-refractivity contribution in [3.05, 3.63) is 30.1 Å². The second kappa shape index (κ2) is 15.5. The van der Waals surface area contributed by atoms with E-state index in [1.807, 2.05) is 24.1 Å². The van der Waals surface area contributed by atoms with Crippen LogP contribution in [0.25, 0.3) is 11.3 Å². The van der Waals surface area contributed by atoms with Gasteiger partial charge in [0.2, 0.25) is 5.95 Å². The molecule has 4 N–H and O–H groups in total. The third kappa shape index (κ3) is 11.2. The van der Waals surface area contributed by atoms with Crippen molar-refractivity contribution in [1.29, 1.82) is 0 Å². The molecule has 9 nitrogen and oxygen atoms in total. The molecule has 0 radical (unpaired) electrons. The van der Waals surface area contributed by atoms with Gasteiger partial charge in [-0.05, 0) is 50.8 Å². The summed E-state index contributed by atoms with van der Waals surface area (Å²) in [7, 11) is 1.87. The van der Waals surface area contributed by atoms with Crippen molar-refractivity contribution >= 4 is 17.7 Å². The van der Waals surface area contributed by atoms with Gasteiger partial charge >= 0.3 is 12.1 Å². The molecule has 0 aromatic carbocycles. The molecule has 14 heteroatoms. The zero-order valence-electron chi connectivity index (χ0n) is 21.9. The van der Waals surface area contributed by atoms with Crippen LogP contribution in [-0.2, 0) is 11.3 Å². The quantitative estimate of drug-likeness (QED) is 0.294. The number of halogens is 5. The first-order chi connectivity index (χ1) is 18.4. The first kappa shape index (κ1) is 32.1. The predicted molar refractivity (Wildman–Crippen MR) is 137 cm³/mol. The number of carboxylic acid groups (broad SMARTS) is 1. The number of hydrogen-bond donors (Lipinski definition) is 4. The second-order valence-corrected chi connectivity index (χ2v) is 9.27. The number of aromatic nitrogens is 3. The number of rotatable bonds is 11. The minimum absolute atomic E-state index is 0.157. The molecule has 0 unspecified atom stereocenters. The maximum Gasteiger partial charge on any atom is 0.490 e. The molecule has 1 aliphatic rings. The Kier molecular flexibility index (Phi) is 12.7. The number of anilines is 2. The standard InChI is InChI=1S/C23H34F2N6O.C2HF3O2/c1-3-17(25)13-27-23-28-14-20(22(30-23)29-18-5-7-19(32)8-6-18)21-9-4-16(12-26-21)15-31(2)11-10-24;3-2(4,5)1(6)7/h4,9,12,14,17-19,32H,3,5-8,10-11,13,15H2,1-2H3,(H2,27,28,29,30);(H,6,7)/t17-,18?,19?;/m0./s1. The van der Waals surface area contributed by atoms with E-state index in [9.17, 15) is 27.1 Å². The smallest absolute Gasteiger partial charge is 0.475 e. The Labute approximate surface area is 223 Å². The van der Waals surface area contributed by atoms with Gasteiger partial charge in [0.25, 0.3) is 0 Å². The molecule has 39 heavy (non-hydrogen) atoms. The highest BCUT2D eigenvalue weighted by atomic mass is 19.4. The number of hydrogen-bond acceptors (Lipinski definition) is 8. The fourth-order valence-corrected chi connectivity index (χ4v) is 3.74. The van der Waals surface area contributed by atoms with Crippen LogP contribution in [0, 0.1) is 0 Å². The minimum atomic E-state index is -5.08. The summed E-state index contributed by atoms with van der Waals surface area (Å²) in [5.41, 5.74) is 2.48. The normalized spacial score (nSPS) is 18.2. The van der Waals surface area contributed by atoms with E-state index in [1.165, 1.54) is 0 Å². The maximum atomic E-state index is 13.7. The van der Waals surface area contributed by atoms with Crippen LogP contribution in [0.2, 0.25) is 0 Å². The van der Waals surface area contributed by atoms with Crippen LogP contribution in [0.4, 0.5) is 33.7 Å². The largest absolute Gasteiger partial charge is 0.490 e. The van der Waals surface area contributed by atoms with Gasteiger partial charge in [-0.1, -0.05) is 13.0 Å². The maximum absolute atomic E-state index is 13.7. The van der Waals surface area contributed by atoms with Gasteiger partial charge in [0.05, 0.1) is 17.4 Å². The first-order valence-electron chi connectivity index (χ1n) is 12.6. The van der Waals surface area contributed by atoms with Crippen LogP contribution in [0.15, 0.2) is 24.5 Å². The zero-order valence-corrected chi connectivity index (χ0v) is 21.9. The van der Waals surface area contributed by atoms with Crippen LogP contribution in [0.5, 0.6) is 0 Å². The Morgan fingerprint density at radius 3 is 2.38 bits per heavy atom. The van der Waals surface area contributed by atoms with E-state index >= 15 is 0 Å². The topological polar surface area (TPSA) is 124 Å². The molecule has 2 aromatic heterocycles. The molecule has 1 aliphatic carbocycles. The van der Waals surface area contributed by atoms with Gasteiger partial charge in [-0.25, -0.2) is 18.6 Å². The summed E-state index contributed by atoms with van der Waals surface area (Å²) in [5.74, 6) is -1.74.